The van der Waals surface area contributed by atoms with Gasteiger partial charge in [-0.05, 0) is 19.1 Å². The maximum atomic E-state index is 5.70. The van der Waals surface area contributed by atoms with Crippen molar-refractivity contribution in [1.82, 2.24) is 15.2 Å². The van der Waals surface area contributed by atoms with Crippen LogP contribution in [0.15, 0.2) is 24.5 Å². The number of aromatic nitrogens is 3. The third-order valence-electron chi connectivity index (χ3n) is 1.76. The third kappa shape index (κ3) is 1.78. The number of rotatable bonds is 2. The first-order chi connectivity index (χ1) is 6.77. The Labute approximate surface area is 85.8 Å². The molecule has 0 aliphatic carbocycles. The molecule has 0 saturated carbocycles. The summed E-state index contributed by atoms with van der Waals surface area (Å²) in [5, 5.41) is 9.83. The lowest BCUT2D eigenvalue weighted by Gasteiger charge is -1.94. The maximum absolute atomic E-state index is 5.70. The normalized spacial score (nSPS) is 12.7. The minimum Gasteiger partial charge on any atom is -0.322 e. The van der Waals surface area contributed by atoms with Gasteiger partial charge in [-0.2, -0.15) is 0 Å². The summed E-state index contributed by atoms with van der Waals surface area (Å²) < 4.78 is 0. The van der Waals surface area contributed by atoms with Crippen LogP contribution in [0.4, 0.5) is 0 Å². The van der Waals surface area contributed by atoms with Crippen molar-refractivity contribution in [2.24, 2.45) is 5.73 Å². The van der Waals surface area contributed by atoms with Crippen LogP contribution in [0.2, 0.25) is 0 Å². The first-order valence-corrected chi connectivity index (χ1v) is 5.08. The van der Waals surface area contributed by atoms with Gasteiger partial charge in [-0.15, -0.1) is 10.2 Å². The predicted molar refractivity (Wildman–Crippen MR) is 55.7 cm³/mol. The van der Waals surface area contributed by atoms with E-state index >= 15 is 0 Å². The lowest BCUT2D eigenvalue weighted by atomic mass is 10.3. The first-order valence-electron chi connectivity index (χ1n) is 4.27. The van der Waals surface area contributed by atoms with Gasteiger partial charge >= 0.3 is 0 Å². The van der Waals surface area contributed by atoms with Crippen molar-refractivity contribution in [3.8, 4) is 10.6 Å². The molecule has 0 aliphatic rings. The smallest absolute Gasteiger partial charge is 0.147 e. The van der Waals surface area contributed by atoms with Crippen molar-refractivity contribution in [1.29, 1.82) is 0 Å². The molecule has 2 N–H and O–H groups in total. The van der Waals surface area contributed by atoms with Crippen LogP contribution < -0.4 is 5.73 Å². The second-order valence-electron chi connectivity index (χ2n) is 2.97. The molecule has 2 aromatic rings. The van der Waals surface area contributed by atoms with Gasteiger partial charge in [-0.1, -0.05) is 11.3 Å². The summed E-state index contributed by atoms with van der Waals surface area (Å²) in [5.74, 6) is 0. The Morgan fingerprint density at radius 2 is 2.00 bits per heavy atom. The zero-order valence-electron chi connectivity index (χ0n) is 7.71. The summed E-state index contributed by atoms with van der Waals surface area (Å²) in [7, 11) is 0. The lowest BCUT2D eigenvalue weighted by molar-refractivity contribution is 0.786. The van der Waals surface area contributed by atoms with Crippen molar-refractivity contribution in [3.63, 3.8) is 0 Å². The molecule has 4 nitrogen and oxygen atoms in total. The summed E-state index contributed by atoms with van der Waals surface area (Å²) in [4.78, 5) is 3.94. The Bertz CT molecular complexity index is 410. The average Bonchev–Trinajstić information content (AvgIpc) is 2.68. The van der Waals surface area contributed by atoms with Crippen molar-refractivity contribution in [2.75, 3.05) is 0 Å². The van der Waals surface area contributed by atoms with E-state index in [1.165, 1.54) is 11.3 Å². The second kappa shape index (κ2) is 3.81. The highest BCUT2D eigenvalue weighted by atomic mass is 32.1. The Balaban J connectivity index is 2.34. The standard InChI is InChI=1S/C9H10N4S/c1-6(10)8-12-13-9(14-8)7-2-4-11-5-3-7/h2-6H,10H2,1H3. The summed E-state index contributed by atoms with van der Waals surface area (Å²) in [6, 6.07) is 3.76. The molecule has 2 aromatic heterocycles. The van der Waals surface area contributed by atoms with Gasteiger partial charge in [-0.25, -0.2) is 0 Å². The highest BCUT2D eigenvalue weighted by Crippen LogP contribution is 2.24. The zero-order valence-corrected chi connectivity index (χ0v) is 8.53. The molecule has 14 heavy (non-hydrogen) atoms. The van der Waals surface area contributed by atoms with E-state index in [1.807, 2.05) is 19.1 Å². The van der Waals surface area contributed by atoms with Gasteiger partial charge < -0.3 is 5.73 Å². The fourth-order valence-corrected chi connectivity index (χ4v) is 1.83. The number of nitrogens with two attached hydrogens (primary N) is 1. The minimum atomic E-state index is -0.0527. The van der Waals surface area contributed by atoms with Crippen molar-refractivity contribution in [2.45, 2.75) is 13.0 Å². The SMILES string of the molecule is CC(N)c1nnc(-c2ccncc2)s1. The topological polar surface area (TPSA) is 64.7 Å². The Morgan fingerprint density at radius 1 is 1.29 bits per heavy atom. The average molecular weight is 206 g/mol. The van der Waals surface area contributed by atoms with Crippen LogP contribution in [0, 0.1) is 0 Å². The molecular weight excluding hydrogens is 196 g/mol. The molecule has 2 rings (SSSR count). The molecule has 0 aromatic carbocycles. The largest absolute Gasteiger partial charge is 0.322 e. The fraction of sp³-hybridized carbons (Fsp3) is 0.222. The van der Waals surface area contributed by atoms with E-state index in [9.17, 15) is 0 Å². The molecule has 0 bridgehead atoms. The molecule has 0 amide bonds. The quantitative estimate of drug-likeness (QED) is 0.811. The summed E-state index contributed by atoms with van der Waals surface area (Å²) in [6.07, 6.45) is 3.48. The molecule has 0 spiro atoms. The highest BCUT2D eigenvalue weighted by molar-refractivity contribution is 7.14. The van der Waals surface area contributed by atoms with Gasteiger partial charge in [0.15, 0.2) is 0 Å². The van der Waals surface area contributed by atoms with Crippen LogP contribution in [0.3, 0.4) is 0 Å². The van der Waals surface area contributed by atoms with E-state index in [-0.39, 0.29) is 6.04 Å². The molecule has 2 heterocycles. The number of hydrogen-bond donors (Lipinski definition) is 1. The number of pyridine rings is 1. The number of nitrogens with zero attached hydrogens (tertiary/aromatic N) is 3. The molecule has 72 valence electrons. The van der Waals surface area contributed by atoms with Crippen LogP contribution in [-0.2, 0) is 0 Å². The van der Waals surface area contributed by atoms with Crippen molar-refractivity contribution < 1.29 is 0 Å². The molecule has 0 radical (unpaired) electrons. The van der Waals surface area contributed by atoms with Crippen LogP contribution in [-0.4, -0.2) is 15.2 Å². The van der Waals surface area contributed by atoms with Crippen molar-refractivity contribution >= 4 is 11.3 Å². The molecule has 0 aliphatic heterocycles. The van der Waals surface area contributed by atoms with Gasteiger partial charge in [-0.3, -0.25) is 4.98 Å². The van der Waals surface area contributed by atoms with E-state index < -0.39 is 0 Å². The van der Waals surface area contributed by atoms with E-state index in [4.69, 9.17) is 5.73 Å². The zero-order chi connectivity index (χ0) is 9.97. The second-order valence-corrected chi connectivity index (χ2v) is 3.98. The van der Waals surface area contributed by atoms with Crippen LogP contribution in [0.1, 0.15) is 18.0 Å². The summed E-state index contributed by atoms with van der Waals surface area (Å²) >= 11 is 1.52. The van der Waals surface area contributed by atoms with Gasteiger partial charge in [0, 0.05) is 18.0 Å². The van der Waals surface area contributed by atoms with E-state index in [0.717, 1.165) is 15.6 Å². The predicted octanol–water partition coefficient (Wildman–Crippen LogP) is 1.62. The lowest BCUT2D eigenvalue weighted by Crippen LogP contribution is -2.03. The Morgan fingerprint density at radius 3 is 2.57 bits per heavy atom. The molecule has 0 saturated heterocycles. The summed E-state index contributed by atoms with van der Waals surface area (Å²) in [6.45, 7) is 1.90. The molecular formula is C9H10N4S. The maximum Gasteiger partial charge on any atom is 0.147 e. The Hall–Kier alpha value is -1.33. The van der Waals surface area contributed by atoms with Crippen LogP contribution >= 0.6 is 11.3 Å². The first kappa shape index (κ1) is 9.23. The fourth-order valence-electron chi connectivity index (χ4n) is 1.03. The summed E-state index contributed by atoms with van der Waals surface area (Å²) in [5.41, 5.74) is 6.73. The third-order valence-corrected chi connectivity index (χ3v) is 2.93. The monoisotopic (exact) mass is 206 g/mol. The van der Waals surface area contributed by atoms with E-state index in [0.29, 0.717) is 0 Å². The highest BCUT2D eigenvalue weighted by Gasteiger charge is 2.08. The molecule has 1 atom stereocenters. The van der Waals surface area contributed by atoms with Gasteiger partial charge in [0.2, 0.25) is 0 Å². The molecule has 0 fully saturated rings. The van der Waals surface area contributed by atoms with Crippen molar-refractivity contribution in [3.05, 3.63) is 29.5 Å². The molecule has 1 unspecified atom stereocenters. The Kier molecular flexibility index (Phi) is 2.51. The number of hydrogen-bond acceptors (Lipinski definition) is 5. The van der Waals surface area contributed by atoms with Crippen LogP contribution in [0.25, 0.3) is 10.6 Å². The van der Waals surface area contributed by atoms with Crippen LogP contribution in [0.5, 0.6) is 0 Å². The molecule has 5 heteroatoms. The van der Waals surface area contributed by atoms with Gasteiger partial charge in [0.1, 0.15) is 10.0 Å². The van der Waals surface area contributed by atoms with E-state index in [1.54, 1.807) is 12.4 Å². The van der Waals surface area contributed by atoms with Gasteiger partial charge in [0.25, 0.3) is 0 Å². The van der Waals surface area contributed by atoms with E-state index in [2.05, 4.69) is 15.2 Å². The van der Waals surface area contributed by atoms with Gasteiger partial charge in [0.05, 0.1) is 6.04 Å². The minimum absolute atomic E-state index is 0.0527.